The van der Waals surface area contributed by atoms with E-state index in [1.807, 2.05) is 0 Å². The van der Waals surface area contributed by atoms with Gasteiger partial charge in [0.1, 0.15) is 0 Å². The second-order valence-electron chi connectivity index (χ2n) is 4.20. The third-order valence-corrected chi connectivity index (χ3v) is 3.14. The number of carbonyl (C=O) groups excluding carboxylic acids is 1. The lowest BCUT2D eigenvalue weighted by Gasteiger charge is -2.20. The van der Waals surface area contributed by atoms with Crippen LogP contribution in [-0.2, 0) is 9.53 Å². The van der Waals surface area contributed by atoms with Gasteiger partial charge in [0, 0.05) is 6.42 Å². The monoisotopic (exact) mass is 199 g/mol. The average molecular weight is 199 g/mol. The van der Waals surface area contributed by atoms with Crippen molar-refractivity contribution < 1.29 is 9.53 Å². The molecule has 0 bridgehead atoms. The summed E-state index contributed by atoms with van der Waals surface area (Å²) in [5.74, 6) is 1.07. The summed E-state index contributed by atoms with van der Waals surface area (Å²) in [6.07, 6.45) is 4.24. The van der Waals surface area contributed by atoms with Crippen molar-refractivity contribution >= 4 is 5.97 Å². The lowest BCUT2D eigenvalue weighted by atomic mass is 9.85. The first-order valence-corrected chi connectivity index (χ1v) is 5.51. The van der Waals surface area contributed by atoms with Crippen molar-refractivity contribution in [3.63, 3.8) is 0 Å². The van der Waals surface area contributed by atoms with Crippen LogP contribution in [0.2, 0.25) is 0 Å². The van der Waals surface area contributed by atoms with Gasteiger partial charge in [-0.25, -0.2) is 0 Å². The minimum Gasteiger partial charge on any atom is -0.469 e. The summed E-state index contributed by atoms with van der Waals surface area (Å²) >= 11 is 0. The average Bonchev–Trinajstić information content (AvgIpc) is 2.45. The molecule has 0 aromatic heterocycles. The SMILES string of the molecule is COC(=O)CC(C)C1CCCNCC1. The number of esters is 1. The molecular formula is C11H21NO2. The van der Waals surface area contributed by atoms with Crippen LogP contribution in [0.4, 0.5) is 0 Å². The minimum atomic E-state index is -0.0743. The molecule has 1 rings (SSSR count). The first-order valence-electron chi connectivity index (χ1n) is 5.51. The Hall–Kier alpha value is -0.570. The standard InChI is InChI=1S/C11H21NO2/c1-9(8-11(13)14-2)10-4-3-6-12-7-5-10/h9-10,12H,3-8H2,1-2H3. The highest BCUT2D eigenvalue weighted by atomic mass is 16.5. The van der Waals surface area contributed by atoms with Gasteiger partial charge in [-0.1, -0.05) is 6.92 Å². The van der Waals surface area contributed by atoms with E-state index in [0.717, 1.165) is 13.1 Å². The smallest absolute Gasteiger partial charge is 0.305 e. The van der Waals surface area contributed by atoms with Gasteiger partial charge in [0.05, 0.1) is 7.11 Å². The molecule has 1 aliphatic rings. The third kappa shape index (κ3) is 3.66. The molecule has 2 unspecified atom stereocenters. The fraction of sp³-hybridized carbons (Fsp3) is 0.909. The zero-order valence-electron chi connectivity index (χ0n) is 9.21. The Labute approximate surface area is 86.2 Å². The Balaban J connectivity index is 2.33. The van der Waals surface area contributed by atoms with Gasteiger partial charge in [-0.05, 0) is 44.2 Å². The van der Waals surface area contributed by atoms with Gasteiger partial charge in [0.15, 0.2) is 0 Å². The first kappa shape index (κ1) is 11.5. The lowest BCUT2D eigenvalue weighted by molar-refractivity contribution is -0.142. The second kappa shape index (κ2) is 6.02. The molecule has 0 aromatic rings. The number of hydrogen-bond donors (Lipinski definition) is 1. The molecule has 3 heteroatoms. The van der Waals surface area contributed by atoms with Gasteiger partial charge in [-0.3, -0.25) is 4.79 Å². The summed E-state index contributed by atoms with van der Waals surface area (Å²) in [6, 6.07) is 0. The van der Waals surface area contributed by atoms with E-state index >= 15 is 0 Å². The molecular weight excluding hydrogens is 178 g/mol. The Bertz CT molecular complexity index is 174. The molecule has 1 N–H and O–H groups in total. The fourth-order valence-corrected chi connectivity index (χ4v) is 2.13. The first-order chi connectivity index (χ1) is 6.74. The van der Waals surface area contributed by atoms with E-state index in [-0.39, 0.29) is 5.97 Å². The van der Waals surface area contributed by atoms with Crippen LogP contribution in [0.3, 0.4) is 0 Å². The molecule has 1 aliphatic heterocycles. The Morgan fingerprint density at radius 2 is 2.29 bits per heavy atom. The minimum absolute atomic E-state index is 0.0743. The fourth-order valence-electron chi connectivity index (χ4n) is 2.13. The maximum atomic E-state index is 11.1. The van der Waals surface area contributed by atoms with Crippen LogP contribution < -0.4 is 5.32 Å². The van der Waals surface area contributed by atoms with E-state index in [4.69, 9.17) is 0 Å². The van der Waals surface area contributed by atoms with Crippen molar-refractivity contribution in [1.82, 2.24) is 5.32 Å². The third-order valence-electron chi connectivity index (χ3n) is 3.14. The molecule has 0 radical (unpaired) electrons. The van der Waals surface area contributed by atoms with Crippen molar-refractivity contribution in [2.24, 2.45) is 11.8 Å². The topological polar surface area (TPSA) is 38.3 Å². The van der Waals surface area contributed by atoms with Gasteiger partial charge in [-0.2, -0.15) is 0 Å². The molecule has 3 nitrogen and oxygen atoms in total. The normalized spacial score (nSPS) is 25.1. The summed E-state index contributed by atoms with van der Waals surface area (Å²) in [7, 11) is 1.46. The van der Waals surface area contributed by atoms with E-state index in [1.165, 1.54) is 26.4 Å². The lowest BCUT2D eigenvalue weighted by Crippen LogP contribution is -2.18. The quantitative estimate of drug-likeness (QED) is 0.701. The van der Waals surface area contributed by atoms with Crippen LogP contribution in [0.25, 0.3) is 0 Å². The van der Waals surface area contributed by atoms with Crippen LogP contribution >= 0.6 is 0 Å². The van der Waals surface area contributed by atoms with Crippen LogP contribution in [0.15, 0.2) is 0 Å². The molecule has 0 saturated carbocycles. The second-order valence-corrected chi connectivity index (χ2v) is 4.20. The summed E-state index contributed by atoms with van der Waals surface area (Å²) in [5, 5.41) is 3.38. The van der Waals surface area contributed by atoms with Crippen LogP contribution in [0.5, 0.6) is 0 Å². The van der Waals surface area contributed by atoms with Gasteiger partial charge in [0.25, 0.3) is 0 Å². The Kier molecular flexibility index (Phi) is 4.94. The van der Waals surface area contributed by atoms with Crippen molar-refractivity contribution in [2.75, 3.05) is 20.2 Å². The molecule has 82 valence electrons. The molecule has 1 fully saturated rings. The molecule has 0 spiro atoms. The molecule has 14 heavy (non-hydrogen) atoms. The number of ether oxygens (including phenoxy) is 1. The van der Waals surface area contributed by atoms with Crippen LogP contribution in [-0.4, -0.2) is 26.2 Å². The maximum Gasteiger partial charge on any atom is 0.305 e. The Morgan fingerprint density at radius 3 is 3.00 bits per heavy atom. The van der Waals surface area contributed by atoms with Crippen molar-refractivity contribution in [3.8, 4) is 0 Å². The van der Waals surface area contributed by atoms with E-state index in [9.17, 15) is 4.79 Å². The molecule has 0 aliphatic carbocycles. The zero-order valence-corrected chi connectivity index (χ0v) is 9.21. The number of rotatable bonds is 3. The summed E-state index contributed by atoms with van der Waals surface area (Å²) in [4.78, 5) is 11.1. The van der Waals surface area contributed by atoms with E-state index in [1.54, 1.807) is 0 Å². The van der Waals surface area contributed by atoms with Gasteiger partial charge in [0.2, 0.25) is 0 Å². The van der Waals surface area contributed by atoms with Crippen molar-refractivity contribution in [3.05, 3.63) is 0 Å². The predicted octanol–water partition coefficient (Wildman–Crippen LogP) is 1.58. The largest absolute Gasteiger partial charge is 0.469 e. The van der Waals surface area contributed by atoms with E-state index in [0.29, 0.717) is 18.3 Å². The van der Waals surface area contributed by atoms with E-state index in [2.05, 4.69) is 17.0 Å². The molecule has 2 atom stereocenters. The molecule has 0 aromatic carbocycles. The summed E-state index contributed by atoms with van der Waals surface area (Å²) in [6.45, 7) is 4.38. The molecule has 0 amide bonds. The van der Waals surface area contributed by atoms with Crippen LogP contribution in [0, 0.1) is 11.8 Å². The Morgan fingerprint density at radius 1 is 1.50 bits per heavy atom. The summed E-state index contributed by atoms with van der Waals surface area (Å²) < 4.78 is 4.69. The van der Waals surface area contributed by atoms with Crippen molar-refractivity contribution in [1.29, 1.82) is 0 Å². The van der Waals surface area contributed by atoms with Gasteiger partial charge < -0.3 is 10.1 Å². The summed E-state index contributed by atoms with van der Waals surface area (Å²) in [5.41, 5.74) is 0. The number of methoxy groups -OCH3 is 1. The van der Waals surface area contributed by atoms with Gasteiger partial charge in [-0.15, -0.1) is 0 Å². The highest BCUT2D eigenvalue weighted by molar-refractivity contribution is 5.69. The number of carbonyl (C=O) groups is 1. The highest BCUT2D eigenvalue weighted by Crippen LogP contribution is 2.25. The van der Waals surface area contributed by atoms with Crippen LogP contribution in [0.1, 0.15) is 32.6 Å². The van der Waals surface area contributed by atoms with Crippen molar-refractivity contribution in [2.45, 2.75) is 32.6 Å². The van der Waals surface area contributed by atoms with Gasteiger partial charge >= 0.3 is 5.97 Å². The number of nitrogens with one attached hydrogen (secondary N) is 1. The molecule has 1 saturated heterocycles. The molecule has 1 heterocycles. The zero-order chi connectivity index (χ0) is 10.4. The van der Waals surface area contributed by atoms with E-state index < -0.39 is 0 Å². The maximum absolute atomic E-state index is 11.1. The predicted molar refractivity (Wildman–Crippen MR) is 56.0 cm³/mol. The number of hydrogen-bond acceptors (Lipinski definition) is 3. The highest BCUT2D eigenvalue weighted by Gasteiger charge is 2.21.